The molecule has 156 valence electrons. The maximum atomic E-state index is 13.1. The van der Waals surface area contributed by atoms with Crippen molar-refractivity contribution in [2.45, 2.75) is 70.1 Å². The van der Waals surface area contributed by atoms with Crippen LogP contribution in [0.15, 0.2) is 24.4 Å². The number of carbonyl (C=O) groups excluding carboxylic acids is 1. The van der Waals surface area contributed by atoms with Gasteiger partial charge in [0.1, 0.15) is 0 Å². The number of nitrogens with zero attached hydrogens (tertiary/aromatic N) is 1. The molecule has 1 aliphatic carbocycles. The van der Waals surface area contributed by atoms with Gasteiger partial charge in [-0.15, -0.1) is 0 Å². The van der Waals surface area contributed by atoms with E-state index in [1.807, 2.05) is 4.90 Å². The van der Waals surface area contributed by atoms with Gasteiger partial charge in [-0.1, -0.05) is 25.5 Å². The molecular weight excluding hydrogens is 364 g/mol. The second-order valence-electron chi connectivity index (χ2n) is 9.02. The number of fused-ring (bicyclic) bond motifs is 1. The van der Waals surface area contributed by atoms with Gasteiger partial charge in [0.05, 0.1) is 0 Å². The highest BCUT2D eigenvalue weighted by molar-refractivity contribution is 5.89. The van der Waals surface area contributed by atoms with Crippen LogP contribution in [-0.4, -0.2) is 40.0 Å². The number of aliphatic carboxylic acids is 1. The van der Waals surface area contributed by atoms with E-state index in [-0.39, 0.29) is 24.2 Å². The van der Waals surface area contributed by atoms with Gasteiger partial charge in [0, 0.05) is 43.0 Å². The number of aromatic nitrogens is 1. The standard InChI is InChI=1S/C24H32N2O3/c1-16(20-15-25-21-7-4-6-19(24(20)21)18-8-9-18)13-22(27)26-11-3-2-5-17(10-12-26)14-23(28)29/h4,6-7,15-18,25H,2-3,5,8-14H2,1H3,(H,28,29). The molecular formula is C24H32N2O3. The first kappa shape index (κ1) is 20.0. The second kappa shape index (κ2) is 8.60. The zero-order valence-electron chi connectivity index (χ0n) is 17.3. The minimum atomic E-state index is -0.729. The number of amides is 1. The van der Waals surface area contributed by atoms with Gasteiger partial charge in [0.15, 0.2) is 0 Å². The highest BCUT2D eigenvalue weighted by Crippen LogP contribution is 2.45. The van der Waals surface area contributed by atoms with Crippen molar-refractivity contribution < 1.29 is 14.7 Å². The minimum Gasteiger partial charge on any atom is -0.481 e. The van der Waals surface area contributed by atoms with Gasteiger partial charge in [-0.25, -0.2) is 0 Å². The second-order valence-corrected chi connectivity index (χ2v) is 9.02. The molecule has 2 fully saturated rings. The molecule has 2 N–H and O–H groups in total. The first-order valence-corrected chi connectivity index (χ1v) is 11.1. The molecule has 29 heavy (non-hydrogen) atoms. The molecule has 1 aromatic carbocycles. The van der Waals surface area contributed by atoms with Crippen molar-refractivity contribution in [3.8, 4) is 0 Å². The molecule has 1 aromatic heterocycles. The molecule has 1 aliphatic heterocycles. The smallest absolute Gasteiger partial charge is 0.303 e. The van der Waals surface area contributed by atoms with E-state index in [4.69, 9.17) is 5.11 Å². The molecule has 0 radical (unpaired) electrons. The summed E-state index contributed by atoms with van der Waals surface area (Å²) in [5.41, 5.74) is 3.86. The molecule has 4 rings (SSSR count). The van der Waals surface area contributed by atoms with Crippen molar-refractivity contribution in [1.29, 1.82) is 0 Å². The fourth-order valence-electron chi connectivity index (χ4n) is 4.90. The lowest BCUT2D eigenvalue weighted by molar-refractivity contribution is -0.138. The van der Waals surface area contributed by atoms with Crippen LogP contribution in [0, 0.1) is 5.92 Å². The Hall–Kier alpha value is -2.30. The third-order valence-electron chi connectivity index (χ3n) is 6.71. The average molecular weight is 397 g/mol. The number of aromatic amines is 1. The molecule has 2 heterocycles. The zero-order chi connectivity index (χ0) is 20.4. The first-order chi connectivity index (χ1) is 14.0. The van der Waals surface area contributed by atoms with Crippen LogP contribution < -0.4 is 0 Å². The van der Waals surface area contributed by atoms with E-state index >= 15 is 0 Å². The number of benzene rings is 1. The van der Waals surface area contributed by atoms with Crippen molar-refractivity contribution in [3.63, 3.8) is 0 Å². The maximum Gasteiger partial charge on any atom is 0.303 e. The van der Waals surface area contributed by atoms with E-state index in [9.17, 15) is 9.59 Å². The van der Waals surface area contributed by atoms with Crippen molar-refractivity contribution >= 4 is 22.8 Å². The van der Waals surface area contributed by atoms with Gasteiger partial charge in [0.2, 0.25) is 5.91 Å². The summed E-state index contributed by atoms with van der Waals surface area (Å²) in [6, 6.07) is 6.49. The Bertz CT molecular complexity index is 883. The number of nitrogens with one attached hydrogen (secondary N) is 1. The normalized spacial score (nSPS) is 21.6. The zero-order valence-corrected chi connectivity index (χ0v) is 17.3. The Kier molecular flexibility index (Phi) is 5.93. The number of likely N-dealkylation sites (tertiary alicyclic amines) is 1. The topological polar surface area (TPSA) is 73.4 Å². The number of carbonyl (C=O) groups is 2. The fraction of sp³-hybridized carbons (Fsp3) is 0.583. The minimum absolute atomic E-state index is 0.163. The average Bonchev–Trinajstić information content (AvgIpc) is 3.41. The summed E-state index contributed by atoms with van der Waals surface area (Å²) in [4.78, 5) is 29.5. The number of hydrogen-bond acceptors (Lipinski definition) is 2. The van der Waals surface area contributed by atoms with Crippen LogP contribution in [0.25, 0.3) is 10.9 Å². The Morgan fingerprint density at radius 2 is 2.00 bits per heavy atom. The quantitative estimate of drug-likeness (QED) is 0.719. The summed E-state index contributed by atoms with van der Waals surface area (Å²) in [5.74, 6) is 0.503. The van der Waals surface area contributed by atoms with Gasteiger partial charge < -0.3 is 15.0 Å². The Labute approximate surface area is 172 Å². The molecule has 1 amide bonds. The lowest BCUT2D eigenvalue weighted by Crippen LogP contribution is -2.36. The largest absolute Gasteiger partial charge is 0.481 e. The SMILES string of the molecule is CC(CC(=O)N1CCCCC(CC(=O)O)CC1)c1c[nH]c2cccc(C3CC3)c12. The number of carboxylic acids is 1. The highest BCUT2D eigenvalue weighted by Gasteiger charge is 2.28. The fourth-order valence-corrected chi connectivity index (χ4v) is 4.90. The van der Waals surface area contributed by atoms with E-state index in [2.05, 4.69) is 36.3 Å². The third kappa shape index (κ3) is 4.65. The maximum absolute atomic E-state index is 13.1. The van der Waals surface area contributed by atoms with Gasteiger partial charge >= 0.3 is 5.97 Å². The number of H-pyrrole nitrogens is 1. The van der Waals surface area contributed by atoms with Crippen LogP contribution in [0.4, 0.5) is 0 Å². The van der Waals surface area contributed by atoms with Crippen molar-refractivity contribution in [1.82, 2.24) is 9.88 Å². The monoisotopic (exact) mass is 396 g/mol. The molecule has 0 spiro atoms. The molecule has 1 saturated heterocycles. The molecule has 2 atom stereocenters. The lowest BCUT2D eigenvalue weighted by Gasteiger charge is -2.29. The molecule has 0 bridgehead atoms. The van der Waals surface area contributed by atoms with E-state index in [1.54, 1.807) is 0 Å². The number of hydrogen-bond donors (Lipinski definition) is 2. The lowest BCUT2D eigenvalue weighted by atomic mass is 9.91. The van der Waals surface area contributed by atoms with Crippen LogP contribution >= 0.6 is 0 Å². The Balaban J connectivity index is 1.44. The van der Waals surface area contributed by atoms with E-state index < -0.39 is 5.97 Å². The van der Waals surface area contributed by atoms with E-state index in [1.165, 1.54) is 34.9 Å². The van der Waals surface area contributed by atoms with Crippen molar-refractivity contribution in [2.75, 3.05) is 13.1 Å². The van der Waals surface area contributed by atoms with Crippen LogP contribution in [0.2, 0.25) is 0 Å². The highest BCUT2D eigenvalue weighted by atomic mass is 16.4. The van der Waals surface area contributed by atoms with E-state index in [0.29, 0.717) is 18.9 Å². The Morgan fingerprint density at radius 3 is 2.76 bits per heavy atom. The summed E-state index contributed by atoms with van der Waals surface area (Å²) >= 11 is 0. The first-order valence-electron chi connectivity index (χ1n) is 11.1. The summed E-state index contributed by atoms with van der Waals surface area (Å²) in [5, 5.41) is 10.4. The third-order valence-corrected chi connectivity index (χ3v) is 6.71. The van der Waals surface area contributed by atoms with Gasteiger partial charge in [-0.2, -0.15) is 0 Å². The number of rotatable bonds is 6. The summed E-state index contributed by atoms with van der Waals surface area (Å²) in [6.45, 7) is 3.64. The van der Waals surface area contributed by atoms with Crippen molar-refractivity contribution in [2.24, 2.45) is 5.92 Å². The van der Waals surface area contributed by atoms with Gasteiger partial charge in [0.25, 0.3) is 0 Å². The van der Waals surface area contributed by atoms with Crippen molar-refractivity contribution in [3.05, 3.63) is 35.5 Å². The van der Waals surface area contributed by atoms with Crippen LogP contribution in [-0.2, 0) is 9.59 Å². The molecule has 5 heteroatoms. The molecule has 2 unspecified atom stereocenters. The molecule has 2 aliphatic rings. The van der Waals surface area contributed by atoms with E-state index in [0.717, 1.165) is 32.2 Å². The summed E-state index contributed by atoms with van der Waals surface area (Å²) in [6.07, 6.45) is 9.08. The van der Waals surface area contributed by atoms with Gasteiger partial charge in [-0.05, 0) is 67.1 Å². The summed E-state index contributed by atoms with van der Waals surface area (Å²) in [7, 11) is 0. The van der Waals surface area contributed by atoms with Gasteiger partial charge in [-0.3, -0.25) is 9.59 Å². The predicted molar refractivity (Wildman–Crippen MR) is 114 cm³/mol. The predicted octanol–water partition coefficient (Wildman–Crippen LogP) is 5.03. The molecule has 1 saturated carbocycles. The summed E-state index contributed by atoms with van der Waals surface area (Å²) < 4.78 is 0. The van der Waals surface area contributed by atoms with Crippen LogP contribution in [0.1, 0.15) is 81.3 Å². The Morgan fingerprint density at radius 1 is 1.17 bits per heavy atom. The molecule has 2 aromatic rings. The number of carboxylic acid groups (broad SMARTS) is 1. The molecule has 5 nitrogen and oxygen atoms in total. The van der Waals surface area contributed by atoms with Crippen LogP contribution in [0.5, 0.6) is 0 Å². The van der Waals surface area contributed by atoms with Crippen LogP contribution in [0.3, 0.4) is 0 Å².